The number of carbonyl (C=O) groups excluding carboxylic acids is 1. The van der Waals surface area contributed by atoms with Gasteiger partial charge in [0.15, 0.2) is 0 Å². The molecule has 6 heteroatoms. The van der Waals surface area contributed by atoms with Gasteiger partial charge in [-0.1, -0.05) is 15.9 Å². The van der Waals surface area contributed by atoms with E-state index in [0.29, 0.717) is 12.1 Å². The maximum absolute atomic E-state index is 12.4. The third-order valence-electron chi connectivity index (χ3n) is 4.37. The van der Waals surface area contributed by atoms with Crippen LogP contribution in [0, 0.1) is 0 Å². The molecule has 0 saturated carbocycles. The summed E-state index contributed by atoms with van der Waals surface area (Å²) in [7, 11) is 2.04. The van der Waals surface area contributed by atoms with Gasteiger partial charge in [0.25, 0.3) is 5.91 Å². The van der Waals surface area contributed by atoms with Crippen molar-refractivity contribution in [2.75, 3.05) is 32.8 Å². The van der Waals surface area contributed by atoms with Crippen molar-refractivity contribution in [3.8, 4) is 0 Å². The van der Waals surface area contributed by atoms with Crippen LogP contribution in [0.15, 0.2) is 47.1 Å². The Morgan fingerprint density at radius 2 is 1.96 bits per heavy atom. The molecule has 2 heterocycles. The number of rotatable bonds is 5. The Labute approximate surface area is 150 Å². The maximum Gasteiger partial charge on any atom is 0.251 e. The van der Waals surface area contributed by atoms with Gasteiger partial charge in [-0.25, -0.2) is 0 Å². The second-order valence-corrected chi connectivity index (χ2v) is 6.84. The molecule has 1 aliphatic heterocycles. The summed E-state index contributed by atoms with van der Waals surface area (Å²) in [6.45, 7) is 3.81. The standard InChI is InChI=1S/C18H22BrN3O2/c1-21-8-2-3-16(21)17(22-9-11-24-12-10-22)13-20-18(23)14-4-6-15(19)7-5-14/h2-8,17H,9-13H2,1H3,(H,20,23). The van der Waals surface area contributed by atoms with Crippen LogP contribution in [0.5, 0.6) is 0 Å². The molecule has 24 heavy (non-hydrogen) atoms. The maximum atomic E-state index is 12.4. The van der Waals surface area contributed by atoms with Crippen molar-refractivity contribution in [1.82, 2.24) is 14.8 Å². The van der Waals surface area contributed by atoms with Gasteiger partial charge in [-0.05, 0) is 36.4 Å². The lowest BCUT2D eigenvalue weighted by molar-refractivity contribution is 0.0148. The summed E-state index contributed by atoms with van der Waals surface area (Å²) in [6, 6.07) is 11.7. The van der Waals surface area contributed by atoms with Gasteiger partial charge in [-0.2, -0.15) is 0 Å². The molecule has 1 aromatic carbocycles. The molecule has 1 N–H and O–H groups in total. The number of aromatic nitrogens is 1. The first-order valence-corrected chi connectivity index (χ1v) is 8.91. The minimum atomic E-state index is -0.0463. The molecule has 3 rings (SSSR count). The van der Waals surface area contributed by atoms with E-state index in [1.54, 1.807) is 0 Å². The smallest absolute Gasteiger partial charge is 0.251 e. The zero-order chi connectivity index (χ0) is 16.9. The van der Waals surface area contributed by atoms with Crippen LogP contribution in [0.3, 0.4) is 0 Å². The van der Waals surface area contributed by atoms with Crippen molar-refractivity contribution >= 4 is 21.8 Å². The predicted octanol–water partition coefficient (Wildman–Crippen LogP) is 2.59. The quantitative estimate of drug-likeness (QED) is 0.851. The highest BCUT2D eigenvalue weighted by atomic mass is 79.9. The SMILES string of the molecule is Cn1cccc1C(CNC(=O)c1ccc(Br)cc1)N1CCOCC1. The van der Waals surface area contributed by atoms with Crippen LogP contribution < -0.4 is 5.32 Å². The Kier molecular flexibility index (Phi) is 5.71. The van der Waals surface area contributed by atoms with Crippen molar-refractivity contribution in [3.05, 3.63) is 58.3 Å². The molecule has 0 bridgehead atoms. The van der Waals surface area contributed by atoms with Gasteiger partial charge in [-0.15, -0.1) is 0 Å². The number of ether oxygens (including phenoxy) is 1. The number of nitrogens with one attached hydrogen (secondary N) is 1. The fourth-order valence-corrected chi connectivity index (χ4v) is 3.29. The van der Waals surface area contributed by atoms with Crippen LogP contribution in [0.25, 0.3) is 0 Å². The van der Waals surface area contributed by atoms with Gasteiger partial charge >= 0.3 is 0 Å². The minimum Gasteiger partial charge on any atom is -0.379 e. The van der Waals surface area contributed by atoms with Gasteiger partial charge in [0.05, 0.1) is 19.3 Å². The summed E-state index contributed by atoms with van der Waals surface area (Å²) >= 11 is 3.39. The monoisotopic (exact) mass is 391 g/mol. The molecule has 1 saturated heterocycles. The molecule has 1 amide bonds. The normalized spacial score (nSPS) is 16.8. The van der Waals surface area contributed by atoms with Crippen molar-refractivity contribution in [1.29, 1.82) is 0 Å². The Hall–Kier alpha value is -1.63. The third-order valence-corrected chi connectivity index (χ3v) is 4.90. The van der Waals surface area contributed by atoms with E-state index in [-0.39, 0.29) is 11.9 Å². The molecule has 0 aliphatic carbocycles. The van der Waals surface area contributed by atoms with Crippen LogP contribution >= 0.6 is 15.9 Å². The van der Waals surface area contributed by atoms with Crippen LogP contribution in [-0.2, 0) is 11.8 Å². The van der Waals surface area contributed by atoms with E-state index in [1.807, 2.05) is 43.6 Å². The number of amides is 1. The Morgan fingerprint density at radius 1 is 1.25 bits per heavy atom. The van der Waals surface area contributed by atoms with E-state index in [4.69, 9.17) is 4.74 Å². The van der Waals surface area contributed by atoms with Crippen LogP contribution in [0.1, 0.15) is 22.1 Å². The fourth-order valence-electron chi connectivity index (χ4n) is 3.02. The van der Waals surface area contributed by atoms with E-state index in [2.05, 4.69) is 36.8 Å². The molecule has 1 aromatic heterocycles. The Bertz CT molecular complexity index is 678. The van der Waals surface area contributed by atoms with E-state index in [0.717, 1.165) is 30.8 Å². The molecular weight excluding hydrogens is 370 g/mol. The molecule has 0 spiro atoms. The molecular formula is C18H22BrN3O2. The van der Waals surface area contributed by atoms with E-state index < -0.39 is 0 Å². The molecule has 128 valence electrons. The van der Waals surface area contributed by atoms with Crippen molar-refractivity contribution in [3.63, 3.8) is 0 Å². The summed E-state index contributed by atoms with van der Waals surface area (Å²) < 4.78 is 8.55. The molecule has 1 atom stereocenters. The highest BCUT2D eigenvalue weighted by Crippen LogP contribution is 2.21. The minimum absolute atomic E-state index is 0.0463. The number of halogens is 1. The average molecular weight is 392 g/mol. The van der Waals surface area contributed by atoms with Gasteiger partial charge in [-0.3, -0.25) is 9.69 Å². The topological polar surface area (TPSA) is 46.5 Å². The van der Waals surface area contributed by atoms with E-state index in [1.165, 1.54) is 5.69 Å². The van der Waals surface area contributed by atoms with Crippen LogP contribution in [0.2, 0.25) is 0 Å². The first kappa shape index (κ1) is 17.2. The Balaban J connectivity index is 1.70. The van der Waals surface area contributed by atoms with E-state index >= 15 is 0 Å². The number of hydrogen-bond acceptors (Lipinski definition) is 3. The van der Waals surface area contributed by atoms with Crippen LogP contribution in [0.4, 0.5) is 0 Å². The summed E-state index contributed by atoms with van der Waals surface area (Å²) in [6.07, 6.45) is 2.04. The average Bonchev–Trinajstić information content (AvgIpc) is 3.02. The van der Waals surface area contributed by atoms with Crippen LogP contribution in [-0.4, -0.2) is 48.2 Å². The highest BCUT2D eigenvalue weighted by Gasteiger charge is 2.25. The second kappa shape index (κ2) is 7.96. The van der Waals surface area contributed by atoms with Crippen molar-refractivity contribution in [2.24, 2.45) is 7.05 Å². The Morgan fingerprint density at radius 3 is 2.58 bits per heavy atom. The molecule has 0 radical (unpaired) electrons. The summed E-state index contributed by atoms with van der Waals surface area (Å²) in [4.78, 5) is 14.8. The lowest BCUT2D eigenvalue weighted by Gasteiger charge is -2.35. The first-order chi connectivity index (χ1) is 11.6. The fraction of sp³-hybridized carbons (Fsp3) is 0.389. The number of carbonyl (C=O) groups is 1. The largest absolute Gasteiger partial charge is 0.379 e. The number of nitrogens with zero attached hydrogens (tertiary/aromatic N) is 2. The summed E-state index contributed by atoms with van der Waals surface area (Å²) in [5, 5.41) is 3.08. The molecule has 2 aromatic rings. The number of benzene rings is 1. The highest BCUT2D eigenvalue weighted by molar-refractivity contribution is 9.10. The molecule has 1 fully saturated rings. The van der Waals surface area contributed by atoms with E-state index in [9.17, 15) is 4.79 Å². The van der Waals surface area contributed by atoms with Gasteiger partial charge in [0.2, 0.25) is 0 Å². The number of hydrogen-bond donors (Lipinski definition) is 1. The van der Waals surface area contributed by atoms with Crippen molar-refractivity contribution < 1.29 is 9.53 Å². The molecule has 5 nitrogen and oxygen atoms in total. The lowest BCUT2D eigenvalue weighted by Crippen LogP contribution is -2.44. The summed E-state index contributed by atoms with van der Waals surface area (Å²) in [5.74, 6) is -0.0463. The lowest BCUT2D eigenvalue weighted by atomic mass is 10.1. The zero-order valence-electron chi connectivity index (χ0n) is 13.7. The zero-order valence-corrected chi connectivity index (χ0v) is 15.3. The third kappa shape index (κ3) is 4.06. The first-order valence-electron chi connectivity index (χ1n) is 8.12. The molecule has 1 aliphatic rings. The second-order valence-electron chi connectivity index (χ2n) is 5.93. The predicted molar refractivity (Wildman–Crippen MR) is 97.0 cm³/mol. The summed E-state index contributed by atoms with van der Waals surface area (Å²) in [5.41, 5.74) is 1.87. The van der Waals surface area contributed by atoms with Gasteiger partial charge in [0.1, 0.15) is 0 Å². The van der Waals surface area contributed by atoms with Gasteiger partial charge < -0.3 is 14.6 Å². The molecule has 1 unspecified atom stereocenters. The number of morpholine rings is 1. The van der Waals surface area contributed by atoms with Gasteiger partial charge in [0, 0.05) is 48.6 Å². The van der Waals surface area contributed by atoms with Crippen molar-refractivity contribution in [2.45, 2.75) is 6.04 Å². The number of aryl methyl sites for hydroxylation is 1.